The lowest BCUT2D eigenvalue weighted by molar-refractivity contribution is 0.298. The van der Waals surface area contributed by atoms with Crippen LogP contribution in [0.4, 0.5) is 0 Å². The van der Waals surface area contributed by atoms with Crippen molar-refractivity contribution in [2.45, 2.75) is 51.3 Å². The molecule has 4 heteroatoms. The molecule has 82 valence electrons. The first-order chi connectivity index (χ1) is 7.27. The molecule has 1 aromatic heterocycles. The molecule has 2 rings (SSSR count). The van der Waals surface area contributed by atoms with Gasteiger partial charge in [0.15, 0.2) is 0 Å². The van der Waals surface area contributed by atoms with Gasteiger partial charge in [0.1, 0.15) is 19.2 Å². The minimum atomic E-state index is 0.511. The van der Waals surface area contributed by atoms with E-state index in [4.69, 9.17) is 4.63 Å². The maximum atomic E-state index is 4.88. The average Bonchev–Trinajstić information content (AvgIpc) is 2.64. The van der Waals surface area contributed by atoms with E-state index in [2.05, 4.69) is 25.1 Å². The van der Waals surface area contributed by atoms with Crippen molar-refractivity contribution in [3.63, 3.8) is 0 Å². The van der Waals surface area contributed by atoms with Gasteiger partial charge >= 0.3 is 0 Å². The van der Waals surface area contributed by atoms with Crippen molar-refractivity contribution in [2.24, 2.45) is 5.92 Å². The second-order valence-electron chi connectivity index (χ2n) is 4.94. The molecule has 0 aliphatic heterocycles. The van der Waals surface area contributed by atoms with E-state index in [9.17, 15) is 0 Å². The van der Waals surface area contributed by atoms with Gasteiger partial charge in [-0.15, -0.1) is 0 Å². The minimum absolute atomic E-state index is 0.511. The van der Waals surface area contributed by atoms with E-state index in [-0.39, 0.29) is 0 Å². The molecule has 2 unspecified atom stereocenters. The number of fused-ring (bicyclic) bond motifs is 1. The van der Waals surface area contributed by atoms with Crippen LogP contribution in [0, 0.1) is 5.92 Å². The fourth-order valence-corrected chi connectivity index (χ4v) is 2.42. The number of aromatic nitrogens is 2. The highest BCUT2D eigenvalue weighted by molar-refractivity contribution is 6.12. The van der Waals surface area contributed by atoms with Crippen LogP contribution in [0.2, 0.25) is 0 Å². The van der Waals surface area contributed by atoms with Crippen LogP contribution in [0.1, 0.15) is 56.2 Å². The summed E-state index contributed by atoms with van der Waals surface area (Å²) < 4.78 is 4.88. The fraction of sp³-hybridized carbons (Fsp3) is 0.818. The maximum Gasteiger partial charge on any atom is 0.113 e. The third kappa shape index (κ3) is 2.61. The Hall–Kier alpha value is -0.795. The molecule has 3 nitrogen and oxygen atoms in total. The van der Waals surface area contributed by atoms with Crippen LogP contribution in [0.25, 0.3) is 0 Å². The summed E-state index contributed by atoms with van der Waals surface area (Å²) in [5, 5.41) is 8.11. The van der Waals surface area contributed by atoms with Crippen molar-refractivity contribution < 1.29 is 4.63 Å². The van der Waals surface area contributed by atoms with Crippen molar-refractivity contribution in [1.82, 2.24) is 10.3 Å². The Balaban J connectivity index is 2.17. The van der Waals surface area contributed by atoms with Crippen LogP contribution in [0.5, 0.6) is 0 Å². The molecule has 15 heavy (non-hydrogen) atoms. The van der Waals surface area contributed by atoms with E-state index in [0.29, 0.717) is 11.7 Å². The summed E-state index contributed by atoms with van der Waals surface area (Å²) in [5.74, 6) is 1.22. The van der Waals surface area contributed by atoms with Crippen LogP contribution in [0.15, 0.2) is 4.63 Å². The quantitative estimate of drug-likeness (QED) is 0.608. The first-order valence-electron chi connectivity index (χ1n) is 6.08. The number of nitrogens with zero attached hydrogens (tertiary/aromatic N) is 2. The second kappa shape index (κ2) is 4.82. The van der Waals surface area contributed by atoms with E-state index in [1.165, 1.54) is 32.1 Å². The van der Waals surface area contributed by atoms with Gasteiger partial charge in [0, 0.05) is 0 Å². The van der Waals surface area contributed by atoms with E-state index in [1.54, 1.807) is 0 Å². The topological polar surface area (TPSA) is 38.9 Å². The van der Waals surface area contributed by atoms with Crippen LogP contribution in [-0.4, -0.2) is 18.2 Å². The molecule has 0 radical (unpaired) electrons. The molecule has 0 spiro atoms. The van der Waals surface area contributed by atoms with Gasteiger partial charge in [-0.25, -0.2) is 4.63 Å². The maximum absolute atomic E-state index is 4.88. The van der Waals surface area contributed by atoms with Crippen LogP contribution in [-0.2, 0) is 6.42 Å². The van der Waals surface area contributed by atoms with Crippen molar-refractivity contribution in [1.29, 1.82) is 0 Å². The van der Waals surface area contributed by atoms with Crippen LogP contribution < -0.4 is 0 Å². The highest BCUT2D eigenvalue weighted by Gasteiger charge is 2.19. The van der Waals surface area contributed by atoms with E-state index in [0.717, 1.165) is 17.8 Å². The lowest BCUT2D eigenvalue weighted by atomic mass is 9.77. The van der Waals surface area contributed by atoms with E-state index in [1.807, 2.05) is 0 Å². The number of rotatable bonds is 0. The smallest absolute Gasteiger partial charge is 0.113 e. The zero-order chi connectivity index (χ0) is 10.7. The van der Waals surface area contributed by atoms with Crippen molar-refractivity contribution in [3.05, 3.63) is 11.4 Å². The van der Waals surface area contributed by atoms with Crippen LogP contribution in [0.3, 0.4) is 0 Å². The minimum Gasteiger partial charge on any atom is -0.244 e. The molecule has 1 aliphatic rings. The van der Waals surface area contributed by atoms with Gasteiger partial charge < -0.3 is 0 Å². The monoisotopic (exact) mass is 206 g/mol. The molecule has 0 bridgehead atoms. The summed E-state index contributed by atoms with van der Waals surface area (Å²) >= 11 is 0. The molecule has 0 fully saturated rings. The molecule has 1 aliphatic carbocycles. The zero-order valence-corrected chi connectivity index (χ0v) is 9.70. The standard InChI is InChI=1S/C11H19BN2O/c1-8-5-3-2-4-6-9(12)11-10(7-8)13-15-14-11/h8-9H,2-7,12H2,1H3. The third-order valence-electron chi connectivity index (χ3n) is 3.43. The molecule has 0 saturated carbocycles. The summed E-state index contributed by atoms with van der Waals surface area (Å²) in [5.41, 5.74) is 2.20. The Morgan fingerprint density at radius 3 is 2.87 bits per heavy atom. The molecule has 0 N–H and O–H groups in total. The molecule has 0 amide bonds. The Labute approximate surface area is 92.0 Å². The van der Waals surface area contributed by atoms with Gasteiger partial charge in [-0.05, 0) is 18.2 Å². The Kier molecular flexibility index (Phi) is 3.44. The summed E-state index contributed by atoms with van der Waals surface area (Å²) in [7, 11) is 2.23. The van der Waals surface area contributed by atoms with Crippen molar-refractivity contribution in [2.75, 3.05) is 0 Å². The SMILES string of the molecule is BC1CCCCCC(C)Cc2nonc21. The summed E-state index contributed by atoms with van der Waals surface area (Å²) in [4.78, 5) is 0. The van der Waals surface area contributed by atoms with Gasteiger partial charge in [-0.2, -0.15) is 0 Å². The predicted molar refractivity (Wildman–Crippen MR) is 61.5 cm³/mol. The third-order valence-corrected chi connectivity index (χ3v) is 3.43. The molecular weight excluding hydrogens is 187 g/mol. The summed E-state index contributed by atoms with van der Waals surface area (Å²) in [6.07, 6.45) is 7.57. The van der Waals surface area contributed by atoms with Gasteiger partial charge in [0.25, 0.3) is 0 Å². The average molecular weight is 206 g/mol. The zero-order valence-electron chi connectivity index (χ0n) is 9.70. The summed E-state index contributed by atoms with van der Waals surface area (Å²) in [6, 6.07) is 0. The van der Waals surface area contributed by atoms with Crippen molar-refractivity contribution >= 4 is 7.85 Å². The number of hydrogen-bond donors (Lipinski definition) is 0. The molecule has 0 saturated heterocycles. The van der Waals surface area contributed by atoms with Gasteiger partial charge in [0.05, 0.1) is 0 Å². The predicted octanol–water partition coefficient (Wildman–Crippen LogP) is 1.89. The Morgan fingerprint density at radius 2 is 2.00 bits per heavy atom. The first-order valence-corrected chi connectivity index (χ1v) is 6.08. The molecule has 2 atom stereocenters. The fourth-order valence-electron chi connectivity index (χ4n) is 2.42. The summed E-state index contributed by atoms with van der Waals surface area (Å²) in [6.45, 7) is 2.30. The second-order valence-corrected chi connectivity index (χ2v) is 4.94. The van der Waals surface area contributed by atoms with Gasteiger partial charge in [0.2, 0.25) is 0 Å². The molecular formula is C11H19BN2O. The van der Waals surface area contributed by atoms with Gasteiger partial charge in [-0.1, -0.05) is 49.3 Å². The normalized spacial score (nSPS) is 28.3. The lowest BCUT2D eigenvalue weighted by Gasteiger charge is -2.15. The molecule has 0 aromatic carbocycles. The van der Waals surface area contributed by atoms with Crippen molar-refractivity contribution in [3.8, 4) is 0 Å². The van der Waals surface area contributed by atoms with E-state index >= 15 is 0 Å². The molecule has 1 aromatic rings. The molecule has 1 heterocycles. The lowest BCUT2D eigenvalue weighted by Crippen LogP contribution is -2.09. The number of hydrogen-bond acceptors (Lipinski definition) is 3. The highest BCUT2D eigenvalue weighted by Crippen LogP contribution is 2.25. The van der Waals surface area contributed by atoms with Gasteiger partial charge in [-0.3, -0.25) is 0 Å². The van der Waals surface area contributed by atoms with E-state index < -0.39 is 0 Å². The Morgan fingerprint density at radius 1 is 1.20 bits per heavy atom. The highest BCUT2D eigenvalue weighted by atomic mass is 16.6. The first kappa shape index (κ1) is 10.7. The largest absolute Gasteiger partial charge is 0.244 e. The van der Waals surface area contributed by atoms with Crippen LogP contribution >= 0.6 is 0 Å². The Bertz CT molecular complexity index is 313.